The third-order valence-corrected chi connectivity index (χ3v) is 16.6. The molecule has 12 aromatic carbocycles. The van der Waals surface area contributed by atoms with Gasteiger partial charge < -0.3 is 36.3 Å². The van der Waals surface area contributed by atoms with Gasteiger partial charge in [-0.3, -0.25) is 0 Å². The van der Waals surface area contributed by atoms with Gasteiger partial charge in [0.15, 0.2) is 11.2 Å². The van der Waals surface area contributed by atoms with Gasteiger partial charge in [0.25, 0.3) is 0 Å². The van der Waals surface area contributed by atoms with Crippen molar-refractivity contribution in [3.05, 3.63) is 255 Å². The number of anilines is 6. The van der Waals surface area contributed by atoms with Gasteiger partial charge in [-0.25, -0.2) is 0 Å². The Bertz CT molecular complexity index is 5270. The van der Waals surface area contributed by atoms with Crippen LogP contribution in [0.25, 0.3) is 143 Å². The topological polar surface area (TPSA) is 85.3 Å². The van der Waals surface area contributed by atoms with Crippen molar-refractivity contribution in [2.45, 2.75) is 0 Å². The molecular formula is C74H42N2O6. The zero-order valence-electron chi connectivity index (χ0n) is 43.6. The molecule has 18 aromatic rings. The van der Waals surface area contributed by atoms with Crippen molar-refractivity contribution >= 4 is 155 Å². The largest absolute Gasteiger partial charge is 0.464 e. The van der Waals surface area contributed by atoms with E-state index in [2.05, 4.69) is 216 Å². The normalized spacial score (nSPS) is 12.1. The van der Waals surface area contributed by atoms with E-state index in [1.54, 1.807) is 12.5 Å². The fourth-order valence-corrected chi connectivity index (χ4v) is 12.9. The Hall–Kier alpha value is -11.2. The summed E-state index contributed by atoms with van der Waals surface area (Å²) in [6.07, 6.45) is 3.52. The van der Waals surface area contributed by atoms with E-state index in [0.717, 1.165) is 177 Å². The first-order valence-corrected chi connectivity index (χ1v) is 27.4. The van der Waals surface area contributed by atoms with Crippen molar-refractivity contribution in [3.63, 3.8) is 0 Å². The van der Waals surface area contributed by atoms with Gasteiger partial charge in [0.2, 0.25) is 0 Å². The van der Waals surface area contributed by atoms with Gasteiger partial charge in [-0.2, -0.15) is 0 Å². The van der Waals surface area contributed by atoms with Crippen LogP contribution in [0, 0.1) is 0 Å². The van der Waals surface area contributed by atoms with Crippen molar-refractivity contribution in [2.75, 3.05) is 9.80 Å². The quantitative estimate of drug-likeness (QED) is 0.149. The van der Waals surface area contributed by atoms with Crippen LogP contribution in [0.4, 0.5) is 34.1 Å². The van der Waals surface area contributed by atoms with Crippen LogP contribution >= 0.6 is 0 Å². The van der Waals surface area contributed by atoms with E-state index in [-0.39, 0.29) is 0 Å². The van der Waals surface area contributed by atoms with Crippen LogP contribution in [-0.2, 0) is 0 Å². The highest BCUT2D eigenvalue weighted by Crippen LogP contribution is 2.52. The lowest BCUT2D eigenvalue weighted by atomic mass is 9.98. The predicted molar refractivity (Wildman–Crippen MR) is 333 cm³/mol. The standard InChI is InChI=1S/C74H42N2O6/c1-3-13-43(14-4-1)49-29-31-63-57(33-35-77-63)71(49)75(61-21-11-19-55-51-17-7-9-23-65(51)81-73(55)61)47-25-27-53-59-37-45-40-68-60(38-46(45)39-67(59)79-69(53)41-47)54-28-26-48(42-70(54)80-68)76(62-22-12-20-56-52-18-8-10-24-66(52)82-74(56)62)72-50(44-15-5-2-6-16-44)30-32-64-58(72)34-36-78-64/h1-42H. The average molecular weight is 1060 g/mol. The van der Waals surface area contributed by atoms with E-state index in [0.29, 0.717) is 0 Å². The third kappa shape index (κ3) is 6.60. The van der Waals surface area contributed by atoms with E-state index in [1.165, 1.54) is 0 Å². The monoisotopic (exact) mass is 1050 g/mol. The van der Waals surface area contributed by atoms with Gasteiger partial charge in [-0.05, 0) is 131 Å². The van der Waals surface area contributed by atoms with Crippen molar-refractivity contribution < 1.29 is 26.5 Å². The fourth-order valence-electron chi connectivity index (χ4n) is 12.9. The van der Waals surface area contributed by atoms with Gasteiger partial charge in [0.1, 0.15) is 44.7 Å². The SMILES string of the molecule is c1ccc(-c2ccc3occc3c2N(c2ccc3c(c2)oc2cc4cc5c(cc4cc23)oc2cc(N(c3c(-c4ccccc4)ccc4occc34)c3cccc4c3oc3ccccc34)ccc25)c2cccc3c2oc2ccccc23)cc1. The van der Waals surface area contributed by atoms with Crippen molar-refractivity contribution in [3.8, 4) is 22.3 Å². The van der Waals surface area contributed by atoms with Crippen molar-refractivity contribution in [1.82, 2.24) is 0 Å². The van der Waals surface area contributed by atoms with Crippen LogP contribution < -0.4 is 9.80 Å². The maximum absolute atomic E-state index is 6.96. The first-order valence-electron chi connectivity index (χ1n) is 27.4. The Balaban J connectivity index is 0.799. The summed E-state index contributed by atoms with van der Waals surface area (Å²) >= 11 is 0. The molecule has 0 aliphatic rings. The summed E-state index contributed by atoms with van der Waals surface area (Å²) in [6, 6.07) is 84.5. The molecule has 0 aliphatic heterocycles. The molecule has 0 saturated carbocycles. The minimum atomic E-state index is 0.760. The second-order valence-corrected chi connectivity index (χ2v) is 21.1. The third-order valence-electron chi connectivity index (χ3n) is 16.6. The molecule has 0 unspecified atom stereocenters. The van der Waals surface area contributed by atoms with Gasteiger partial charge >= 0.3 is 0 Å². The van der Waals surface area contributed by atoms with Gasteiger partial charge in [-0.15, -0.1) is 0 Å². The zero-order chi connectivity index (χ0) is 53.6. The molecule has 8 nitrogen and oxygen atoms in total. The molecule has 0 N–H and O–H groups in total. The minimum Gasteiger partial charge on any atom is -0.464 e. The van der Waals surface area contributed by atoms with Crippen LogP contribution in [0.15, 0.2) is 282 Å². The van der Waals surface area contributed by atoms with Crippen LogP contribution in [0.1, 0.15) is 0 Å². The highest BCUT2D eigenvalue weighted by molar-refractivity contribution is 6.19. The Morgan fingerprint density at radius 3 is 1.13 bits per heavy atom. The molecular weight excluding hydrogens is 1010 g/mol. The Kier molecular flexibility index (Phi) is 9.35. The summed E-state index contributed by atoms with van der Waals surface area (Å²) < 4.78 is 39.7. The van der Waals surface area contributed by atoms with Crippen LogP contribution in [0.5, 0.6) is 0 Å². The highest BCUT2D eigenvalue weighted by Gasteiger charge is 2.28. The molecule has 6 aromatic heterocycles. The van der Waals surface area contributed by atoms with E-state index in [4.69, 9.17) is 26.5 Å². The Labute approximate surface area is 466 Å². The molecule has 0 atom stereocenters. The minimum absolute atomic E-state index is 0.760. The molecule has 0 fully saturated rings. The Morgan fingerprint density at radius 2 is 0.659 bits per heavy atom. The molecule has 0 aliphatic carbocycles. The summed E-state index contributed by atoms with van der Waals surface area (Å²) in [7, 11) is 0. The second-order valence-electron chi connectivity index (χ2n) is 21.1. The predicted octanol–water partition coefficient (Wildman–Crippen LogP) is 22.2. The number of rotatable bonds is 8. The molecule has 0 saturated heterocycles. The second kappa shape index (κ2) is 17.1. The lowest BCUT2D eigenvalue weighted by Crippen LogP contribution is -2.12. The van der Waals surface area contributed by atoms with E-state index >= 15 is 0 Å². The smallest absolute Gasteiger partial charge is 0.159 e. The number of para-hydroxylation sites is 4. The number of hydrogen-bond donors (Lipinski definition) is 0. The molecule has 0 radical (unpaired) electrons. The summed E-state index contributed by atoms with van der Waals surface area (Å²) in [5, 5.41) is 12.3. The number of fused-ring (bicyclic) bond motifs is 15. The molecule has 6 heterocycles. The van der Waals surface area contributed by atoms with Gasteiger partial charge in [0.05, 0.1) is 46.7 Å². The van der Waals surface area contributed by atoms with E-state index < -0.39 is 0 Å². The lowest BCUT2D eigenvalue weighted by Gasteiger charge is -2.28. The van der Waals surface area contributed by atoms with E-state index in [9.17, 15) is 0 Å². The van der Waals surface area contributed by atoms with Gasteiger partial charge in [0, 0.05) is 77.1 Å². The van der Waals surface area contributed by atoms with E-state index in [1.807, 2.05) is 36.4 Å². The molecule has 18 rings (SSSR count). The number of hydrogen-bond acceptors (Lipinski definition) is 8. The van der Waals surface area contributed by atoms with Gasteiger partial charge in [-0.1, -0.05) is 121 Å². The molecule has 0 bridgehead atoms. The van der Waals surface area contributed by atoms with Crippen LogP contribution in [0.3, 0.4) is 0 Å². The van der Waals surface area contributed by atoms with Crippen LogP contribution in [-0.4, -0.2) is 0 Å². The molecule has 384 valence electrons. The Morgan fingerprint density at radius 1 is 0.244 bits per heavy atom. The summed E-state index contributed by atoms with van der Waals surface area (Å²) in [5.74, 6) is 0. The lowest BCUT2D eigenvalue weighted by molar-refractivity contribution is 0.615. The molecule has 0 spiro atoms. The van der Waals surface area contributed by atoms with Crippen molar-refractivity contribution in [1.29, 1.82) is 0 Å². The number of benzene rings is 12. The first-order chi connectivity index (χ1) is 40.6. The number of nitrogens with zero attached hydrogens (tertiary/aromatic N) is 2. The average Bonchev–Trinajstić information content (AvgIpc) is 4.14. The number of furan rings is 6. The highest BCUT2D eigenvalue weighted by atomic mass is 16.3. The molecule has 0 amide bonds. The first kappa shape index (κ1) is 44.7. The summed E-state index contributed by atoms with van der Waals surface area (Å²) in [4.78, 5) is 4.61. The van der Waals surface area contributed by atoms with Crippen LogP contribution in [0.2, 0.25) is 0 Å². The molecule has 8 heteroatoms. The summed E-state index contributed by atoms with van der Waals surface area (Å²) in [6.45, 7) is 0. The maximum Gasteiger partial charge on any atom is 0.159 e. The zero-order valence-corrected chi connectivity index (χ0v) is 43.6. The molecule has 82 heavy (non-hydrogen) atoms. The summed E-state index contributed by atoms with van der Waals surface area (Å²) in [5.41, 5.74) is 17.7. The maximum atomic E-state index is 6.96. The fraction of sp³-hybridized carbons (Fsp3) is 0. The van der Waals surface area contributed by atoms with Crippen molar-refractivity contribution in [2.24, 2.45) is 0 Å².